The summed E-state index contributed by atoms with van der Waals surface area (Å²) in [7, 11) is -3.94. The summed E-state index contributed by atoms with van der Waals surface area (Å²) in [6.45, 7) is 7.55. The molecule has 0 atom stereocenters. The lowest BCUT2D eigenvalue weighted by molar-refractivity contribution is -0.122. The van der Waals surface area contributed by atoms with Gasteiger partial charge < -0.3 is 0 Å². The van der Waals surface area contributed by atoms with Crippen molar-refractivity contribution < 1.29 is 18.0 Å². The minimum absolute atomic E-state index is 0.0609. The van der Waals surface area contributed by atoms with Gasteiger partial charge in [0, 0.05) is 12.1 Å². The normalized spacial score (nSPS) is 11.2. The van der Waals surface area contributed by atoms with Gasteiger partial charge in [-0.2, -0.15) is 0 Å². The molecule has 0 aliphatic heterocycles. The lowest BCUT2D eigenvalue weighted by Crippen LogP contribution is -2.42. The van der Waals surface area contributed by atoms with E-state index in [2.05, 4.69) is 15.6 Å². The summed E-state index contributed by atoms with van der Waals surface area (Å²) in [6, 6.07) is 8.99. The van der Waals surface area contributed by atoms with Gasteiger partial charge >= 0.3 is 0 Å². The predicted octanol–water partition coefficient (Wildman–Crippen LogP) is 3.56. The van der Waals surface area contributed by atoms with Crippen molar-refractivity contribution in [1.82, 2.24) is 10.9 Å². The van der Waals surface area contributed by atoms with Crippen LogP contribution < -0.4 is 15.6 Å². The number of amides is 2. The summed E-state index contributed by atoms with van der Waals surface area (Å²) in [4.78, 5) is 23.9. The zero-order valence-corrected chi connectivity index (χ0v) is 18.2. The smallest absolute Gasteiger partial charge is 0.271 e. The van der Waals surface area contributed by atoms with E-state index in [0.29, 0.717) is 5.69 Å². The quantitative estimate of drug-likeness (QED) is 0.601. The number of aryl methyl sites for hydroxylation is 2. The summed E-state index contributed by atoms with van der Waals surface area (Å²) in [6.07, 6.45) is 0.238. The van der Waals surface area contributed by atoms with E-state index >= 15 is 0 Å². The molecule has 0 unspecified atom stereocenters. The van der Waals surface area contributed by atoms with Crippen LogP contribution in [0.25, 0.3) is 0 Å². The first-order chi connectivity index (χ1) is 13.5. The van der Waals surface area contributed by atoms with Gasteiger partial charge in [0.1, 0.15) is 0 Å². The fraction of sp³-hybridized carbons (Fsp3) is 0.300. The summed E-state index contributed by atoms with van der Waals surface area (Å²) in [5.41, 5.74) is 6.86. The Morgan fingerprint density at radius 2 is 1.69 bits per heavy atom. The van der Waals surface area contributed by atoms with Gasteiger partial charge in [-0.25, -0.2) is 8.42 Å². The van der Waals surface area contributed by atoms with Crippen LogP contribution in [-0.4, -0.2) is 20.2 Å². The van der Waals surface area contributed by atoms with Crippen molar-refractivity contribution in [2.45, 2.75) is 39.0 Å². The Morgan fingerprint density at radius 3 is 2.31 bits per heavy atom. The maximum absolute atomic E-state index is 12.7. The molecule has 7 nitrogen and oxygen atoms in total. The average molecular weight is 438 g/mol. The monoisotopic (exact) mass is 437 g/mol. The van der Waals surface area contributed by atoms with Crippen molar-refractivity contribution in [1.29, 1.82) is 0 Å². The van der Waals surface area contributed by atoms with E-state index in [9.17, 15) is 18.0 Å². The number of nitrogens with one attached hydrogen (secondary N) is 3. The number of benzene rings is 2. The molecule has 9 heteroatoms. The number of hydrazine groups is 1. The first kappa shape index (κ1) is 22.7. The minimum atomic E-state index is -3.94. The molecule has 0 heterocycles. The highest BCUT2D eigenvalue weighted by atomic mass is 35.5. The predicted molar refractivity (Wildman–Crippen MR) is 113 cm³/mol. The number of hydrogen-bond acceptors (Lipinski definition) is 4. The molecule has 2 aromatic carbocycles. The second-order valence-corrected chi connectivity index (χ2v) is 9.24. The highest BCUT2D eigenvalue weighted by Crippen LogP contribution is 2.23. The highest BCUT2D eigenvalue weighted by Gasteiger charge is 2.19. The number of carbonyl (C=O) groups excluding carboxylic acids is 2. The molecular weight excluding hydrogens is 414 g/mol. The van der Waals surface area contributed by atoms with E-state index in [1.807, 2.05) is 33.8 Å². The second kappa shape index (κ2) is 9.28. The van der Waals surface area contributed by atoms with Crippen molar-refractivity contribution >= 4 is 39.1 Å². The summed E-state index contributed by atoms with van der Waals surface area (Å²) < 4.78 is 27.9. The topological polar surface area (TPSA) is 104 Å². The van der Waals surface area contributed by atoms with Gasteiger partial charge in [0.05, 0.1) is 15.5 Å². The summed E-state index contributed by atoms with van der Waals surface area (Å²) >= 11 is 6.05. The van der Waals surface area contributed by atoms with E-state index in [1.165, 1.54) is 12.1 Å². The number of rotatable bonds is 6. The third-order valence-corrected chi connectivity index (χ3v) is 5.87. The Labute approximate surface area is 175 Å². The molecule has 0 aromatic heterocycles. The van der Waals surface area contributed by atoms with Gasteiger partial charge in [-0.15, -0.1) is 0 Å². The van der Waals surface area contributed by atoms with Gasteiger partial charge in [-0.3, -0.25) is 25.2 Å². The molecule has 0 aliphatic carbocycles. The molecule has 0 spiro atoms. The summed E-state index contributed by atoms with van der Waals surface area (Å²) in [5, 5.41) is 0.0609. The standard InChI is InChI=1S/C20H24ClN3O4S/c1-12(2)9-19(25)22-23-20(26)17-11-16(7-8-18(17)21)29(27,28)24-15-6-5-13(3)14(4)10-15/h5-8,10-12,24H,9H2,1-4H3,(H,22,25)(H,23,26). The van der Waals surface area contributed by atoms with Crippen molar-refractivity contribution in [3.05, 3.63) is 58.1 Å². The van der Waals surface area contributed by atoms with E-state index < -0.39 is 15.9 Å². The molecule has 0 radical (unpaired) electrons. The fourth-order valence-electron chi connectivity index (χ4n) is 2.48. The Morgan fingerprint density at radius 1 is 1.00 bits per heavy atom. The fourth-order valence-corrected chi connectivity index (χ4v) is 3.76. The highest BCUT2D eigenvalue weighted by molar-refractivity contribution is 7.92. The molecule has 2 aromatic rings. The lowest BCUT2D eigenvalue weighted by atomic mass is 10.1. The van der Waals surface area contributed by atoms with Crippen LogP contribution >= 0.6 is 11.6 Å². The summed E-state index contributed by atoms with van der Waals surface area (Å²) in [5.74, 6) is -0.944. The molecule has 0 saturated heterocycles. The molecule has 0 fully saturated rings. The molecule has 0 bridgehead atoms. The third-order valence-electron chi connectivity index (χ3n) is 4.16. The molecule has 29 heavy (non-hydrogen) atoms. The zero-order chi connectivity index (χ0) is 21.8. The van der Waals surface area contributed by atoms with E-state index in [4.69, 9.17) is 11.6 Å². The van der Waals surface area contributed by atoms with Crippen molar-refractivity contribution in [3.8, 4) is 0 Å². The number of halogens is 1. The first-order valence-electron chi connectivity index (χ1n) is 8.98. The molecule has 0 saturated carbocycles. The van der Waals surface area contributed by atoms with Crippen LogP contribution in [0.15, 0.2) is 41.3 Å². The molecule has 156 valence electrons. The first-order valence-corrected chi connectivity index (χ1v) is 10.8. The van der Waals surface area contributed by atoms with E-state index in [-0.39, 0.29) is 33.7 Å². The number of hydrogen-bond donors (Lipinski definition) is 3. The molecule has 0 aliphatic rings. The maximum Gasteiger partial charge on any atom is 0.271 e. The Kier molecular flexibility index (Phi) is 7.26. The van der Waals surface area contributed by atoms with Gasteiger partial charge in [-0.05, 0) is 61.2 Å². The van der Waals surface area contributed by atoms with Crippen molar-refractivity contribution in [3.63, 3.8) is 0 Å². The Bertz CT molecular complexity index is 1040. The second-order valence-electron chi connectivity index (χ2n) is 7.15. The molecule has 3 N–H and O–H groups in total. The van der Waals surface area contributed by atoms with Crippen LogP contribution in [0.1, 0.15) is 41.8 Å². The van der Waals surface area contributed by atoms with Crippen LogP contribution in [0.2, 0.25) is 5.02 Å². The van der Waals surface area contributed by atoms with Crippen LogP contribution in [0.3, 0.4) is 0 Å². The van der Waals surface area contributed by atoms with E-state index in [1.54, 1.807) is 12.1 Å². The third kappa shape index (κ3) is 6.20. The van der Waals surface area contributed by atoms with Crippen molar-refractivity contribution in [2.24, 2.45) is 5.92 Å². The maximum atomic E-state index is 12.7. The Balaban J connectivity index is 2.21. The van der Waals surface area contributed by atoms with Gasteiger partial charge in [0.2, 0.25) is 5.91 Å². The Hall–Kier alpha value is -2.58. The van der Waals surface area contributed by atoms with Gasteiger partial charge in [0.25, 0.3) is 15.9 Å². The largest absolute Gasteiger partial charge is 0.280 e. The zero-order valence-electron chi connectivity index (χ0n) is 16.7. The SMILES string of the molecule is Cc1ccc(NS(=O)(=O)c2ccc(Cl)c(C(=O)NNC(=O)CC(C)C)c2)cc1C. The van der Waals surface area contributed by atoms with Gasteiger partial charge in [-0.1, -0.05) is 31.5 Å². The van der Waals surface area contributed by atoms with Crippen LogP contribution in [0, 0.1) is 19.8 Å². The van der Waals surface area contributed by atoms with Crippen molar-refractivity contribution in [2.75, 3.05) is 4.72 Å². The van der Waals surface area contributed by atoms with Crippen LogP contribution in [0.4, 0.5) is 5.69 Å². The van der Waals surface area contributed by atoms with Crippen LogP contribution in [0.5, 0.6) is 0 Å². The lowest BCUT2D eigenvalue weighted by Gasteiger charge is -2.13. The van der Waals surface area contributed by atoms with E-state index in [0.717, 1.165) is 17.2 Å². The number of anilines is 1. The minimum Gasteiger partial charge on any atom is -0.280 e. The number of carbonyl (C=O) groups is 2. The molecule has 2 amide bonds. The molecule has 2 rings (SSSR count). The van der Waals surface area contributed by atoms with Crippen LogP contribution in [-0.2, 0) is 14.8 Å². The molecular formula is C20H24ClN3O4S. The number of sulfonamides is 1. The van der Waals surface area contributed by atoms with Gasteiger partial charge in [0.15, 0.2) is 0 Å². The average Bonchev–Trinajstić information content (AvgIpc) is 2.62.